The number of sulfonamides is 1. The van der Waals surface area contributed by atoms with Crippen LogP contribution in [-0.4, -0.2) is 46.9 Å². The number of aliphatic imine (C=N–C) groups is 1. The van der Waals surface area contributed by atoms with Crippen molar-refractivity contribution in [3.8, 4) is 5.75 Å². The molecule has 0 amide bonds. The smallest absolute Gasteiger partial charge is 0.213 e. The average Bonchev–Trinajstić information content (AvgIpc) is 2.72. The van der Waals surface area contributed by atoms with Gasteiger partial charge in [0.2, 0.25) is 10.0 Å². The first-order valence-electron chi connectivity index (χ1n) is 9.23. The maximum atomic E-state index is 12.1. The van der Waals surface area contributed by atoms with Crippen molar-refractivity contribution in [3.63, 3.8) is 0 Å². The van der Waals surface area contributed by atoms with E-state index >= 15 is 0 Å². The van der Waals surface area contributed by atoms with Gasteiger partial charge in [-0.05, 0) is 24.1 Å². The van der Waals surface area contributed by atoms with Gasteiger partial charge in [0.1, 0.15) is 5.75 Å². The van der Waals surface area contributed by atoms with Crippen molar-refractivity contribution in [3.05, 3.63) is 66.2 Å². The van der Waals surface area contributed by atoms with E-state index in [9.17, 15) is 8.42 Å². The quantitative estimate of drug-likeness (QED) is 0.301. The number of para-hydroxylation sites is 1. The van der Waals surface area contributed by atoms with Crippen molar-refractivity contribution in [2.45, 2.75) is 13.0 Å². The van der Waals surface area contributed by atoms with Gasteiger partial charge < -0.3 is 15.4 Å². The Labute approximate surface area is 167 Å². The average molecular weight is 405 g/mol. The monoisotopic (exact) mass is 404 g/mol. The van der Waals surface area contributed by atoms with Gasteiger partial charge in [0.25, 0.3) is 0 Å². The molecule has 0 radical (unpaired) electrons. The Balaban J connectivity index is 1.59. The lowest BCUT2D eigenvalue weighted by atomic mass is 10.2. The highest BCUT2D eigenvalue weighted by Gasteiger charge is 2.10. The van der Waals surface area contributed by atoms with Gasteiger partial charge in [-0.1, -0.05) is 48.5 Å². The molecule has 0 aliphatic heterocycles. The Hall–Kier alpha value is -2.58. The summed E-state index contributed by atoms with van der Waals surface area (Å²) in [5.41, 5.74) is 0.925. The van der Waals surface area contributed by atoms with E-state index in [4.69, 9.17) is 4.74 Å². The number of ether oxygens (including phenoxy) is 1. The fourth-order valence-electron chi connectivity index (χ4n) is 2.37. The van der Waals surface area contributed by atoms with Crippen LogP contribution in [0.4, 0.5) is 0 Å². The van der Waals surface area contributed by atoms with Crippen LogP contribution in [0, 0.1) is 0 Å². The first-order chi connectivity index (χ1) is 13.6. The summed E-state index contributed by atoms with van der Waals surface area (Å²) in [5.74, 6) is 1.38. The third-order valence-electron chi connectivity index (χ3n) is 3.85. The second-order valence-electron chi connectivity index (χ2n) is 6.07. The molecule has 0 saturated heterocycles. The minimum Gasteiger partial charge on any atom is -0.494 e. The Morgan fingerprint density at radius 3 is 2.29 bits per heavy atom. The van der Waals surface area contributed by atoms with E-state index in [1.807, 2.05) is 60.7 Å². The van der Waals surface area contributed by atoms with Crippen LogP contribution in [0.5, 0.6) is 5.75 Å². The lowest BCUT2D eigenvalue weighted by molar-refractivity contribution is 0.311. The first kappa shape index (κ1) is 21.7. The topological polar surface area (TPSA) is 91.8 Å². The van der Waals surface area contributed by atoms with Crippen LogP contribution in [0.2, 0.25) is 0 Å². The van der Waals surface area contributed by atoms with Crippen molar-refractivity contribution in [1.82, 2.24) is 15.4 Å². The molecule has 0 saturated carbocycles. The lowest BCUT2D eigenvalue weighted by Gasteiger charge is -2.13. The number of nitrogens with one attached hydrogen (secondary N) is 3. The van der Waals surface area contributed by atoms with Gasteiger partial charge in [0.15, 0.2) is 5.96 Å². The molecule has 2 aromatic rings. The Bertz CT molecular complexity index is 812. The van der Waals surface area contributed by atoms with Crippen molar-refractivity contribution in [2.75, 3.05) is 32.5 Å². The summed E-state index contributed by atoms with van der Waals surface area (Å²) >= 11 is 0. The second-order valence-corrected chi connectivity index (χ2v) is 7.99. The molecule has 2 rings (SSSR count). The highest BCUT2D eigenvalue weighted by Crippen LogP contribution is 2.08. The van der Waals surface area contributed by atoms with Gasteiger partial charge in [-0.15, -0.1) is 0 Å². The molecule has 0 bridgehead atoms. The SMILES string of the molecule is CN=C(NCCCOc1ccccc1)NCCS(=O)(=O)NCc1ccccc1. The van der Waals surface area contributed by atoms with Crippen LogP contribution >= 0.6 is 0 Å². The maximum absolute atomic E-state index is 12.1. The van der Waals surface area contributed by atoms with Crippen molar-refractivity contribution in [2.24, 2.45) is 4.99 Å². The predicted octanol–water partition coefficient (Wildman–Crippen LogP) is 1.74. The molecule has 0 spiro atoms. The number of nitrogens with zero attached hydrogens (tertiary/aromatic N) is 1. The molecule has 152 valence electrons. The van der Waals surface area contributed by atoms with Crippen LogP contribution < -0.4 is 20.1 Å². The zero-order chi connectivity index (χ0) is 20.1. The molecule has 8 heteroatoms. The molecule has 0 aromatic heterocycles. The zero-order valence-corrected chi connectivity index (χ0v) is 16.9. The van der Waals surface area contributed by atoms with Gasteiger partial charge in [-0.25, -0.2) is 13.1 Å². The third kappa shape index (κ3) is 8.88. The zero-order valence-electron chi connectivity index (χ0n) is 16.1. The van der Waals surface area contributed by atoms with E-state index in [1.165, 1.54) is 0 Å². The van der Waals surface area contributed by atoms with Gasteiger partial charge in [0, 0.05) is 26.7 Å². The standard InChI is InChI=1S/C20H28N4O3S/c1-21-20(22-13-8-15-27-19-11-6-3-7-12-19)23-14-16-28(25,26)24-17-18-9-4-2-5-10-18/h2-7,9-12,24H,8,13-17H2,1H3,(H2,21,22,23). The normalized spacial score (nSPS) is 11.8. The molecule has 0 aliphatic carbocycles. The summed E-state index contributed by atoms with van der Waals surface area (Å²) in [6.07, 6.45) is 0.798. The Morgan fingerprint density at radius 2 is 1.61 bits per heavy atom. The molecular weight excluding hydrogens is 376 g/mol. The van der Waals surface area contributed by atoms with Crippen LogP contribution in [0.15, 0.2) is 65.7 Å². The number of guanidine groups is 1. The first-order valence-corrected chi connectivity index (χ1v) is 10.9. The van der Waals surface area contributed by atoms with Gasteiger partial charge in [-0.2, -0.15) is 0 Å². The fraction of sp³-hybridized carbons (Fsp3) is 0.350. The lowest BCUT2D eigenvalue weighted by Crippen LogP contribution is -2.41. The second kappa shape index (κ2) is 12.0. The third-order valence-corrected chi connectivity index (χ3v) is 5.18. The number of hydrogen-bond donors (Lipinski definition) is 3. The van der Waals surface area contributed by atoms with Gasteiger partial charge >= 0.3 is 0 Å². The fourth-order valence-corrected chi connectivity index (χ4v) is 3.27. The molecule has 0 unspecified atom stereocenters. The Kier molecular flexibility index (Phi) is 9.30. The largest absolute Gasteiger partial charge is 0.494 e. The predicted molar refractivity (Wildman–Crippen MR) is 113 cm³/mol. The van der Waals surface area contributed by atoms with E-state index < -0.39 is 10.0 Å². The van der Waals surface area contributed by atoms with E-state index in [0.29, 0.717) is 19.1 Å². The number of benzene rings is 2. The molecular formula is C20H28N4O3S. The minimum absolute atomic E-state index is 0.0301. The molecule has 28 heavy (non-hydrogen) atoms. The highest BCUT2D eigenvalue weighted by atomic mass is 32.2. The van der Waals surface area contributed by atoms with E-state index in [2.05, 4.69) is 20.3 Å². The summed E-state index contributed by atoms with van der Waals surface area (Å²) in [5, 5.41) is 6.15. The molecule has 7 nitrogen and oxygen atoms in total. The van der Waals surface area contributed by atoms with Crippen molar-refractivity contribution in [1.29, 1.82) is 0 Å². The van der Waals surface area contributed by atoms with Crippen LogP contribution in [0.3, 0.4) is 0 Å². The van der Waals surface area contributed by atoms with Crippen molar-refractivity contribution < 1.29 is 13.2 Å². The molecule has 3 N–H and O–H groups in total. The molecule has 0 aliphatic rings. The van der Waals surface area contributed by atoms with E-state index in [-0.39, 0.29) is 18.8 Å². The number of rotatable bonds is 11. The van der Waals surface area contributed by atoms with Crippen LogP contribution in [-0.2, 0) is 16.6 Å². The minimum atomic E-state index is -3.36. The molecule has 0 atom stereocenters. The van der Waals surface area contributed by atoms with Gasteiger partial charge in [0.05, 0.1) is 12.4 Å². The van der Waals surface area contributed by atoms with Crippen LogP contribution in [0.1, 0.15) is 12.0 Å². The summed E-state index contributed by atoms with van der Waals surface area (Å²) in [6.45, 7) is 1.82. The van der Waals surface area contributed by atoms with E-state index in [0.717, 1.165) is 17.7 Å². The maximum Gasteiger partial charge on any atom is 0.213 e. The summed E-state index contributed by atoms with van der Waals surface area (Å²) in [7, 11) is -1.71. The molecule has 2 aromatic carbocycles. The van der Waals surface area contributed by atoms with E-state index in [1.54, 1.807) is 7.05 Å². The highest BCUT2D eigenvalue weighted by molar-refractivity contribution is 7.89. The summed E-state index contributed by atoms with van der Waals surface area (Å²) in [4.78, 5) is 4.10. The van der Waals surface area contributed by atoms with Crippen LogP contribution in [0.25, 0.3) is 0 Å². The molecule has 0 fully saturated rings. The summed E-state index contributed by atoms with van der Waals surface area (Å²) < 4.78 is 32.4. The van der Waals surface area contributed by atoms with Crippen molar-refractivity contribution >= 4 is 16.0 Å². The summed E-state index contributed by atoms with van der Waals surface area (Å²) in [6, 6.07) is 19.1. The Morgan fingerprint density at radius 1 is 0.964 bits per heavy atom. The molecule has 0 heterocycles. The number of hydrogen-bond acceptors (Lipinski definition) is 4. The van der Waals surface area contributed by atoms with Gasteiger partial charge in [-0.3, -0.25) is 4.99 Å².